The molecule has 0 radical (unpaired) electrons. The summed E-state index contributed by atoms with van der Waals surface area (Å²) in [5, 5.41) is 9.04. The molecule has 0 unspecified atom stereocenters. The topological polar surface area (TPSA) is 75.2 Å². The lowest BCUT2D eigenvalue weighted by Gasteiger charge is -2.12. The molecule has 2 rings (SSSR count). The summed E-state index contributed by atoms with van der Waals surface area (Å²) in [4.78, 5) is 16.8. The minimum atomic E-state index is -4.91. The Hall–Kier alpha value is -2.06. The van der Waals surface area contributed by atoms with Crippen LogP contribution in [0.2, 0.25) is 5.02 Å². The Kier molecular flexibility index (Phi) is 4.19. The molecule has 0 aliphatic heterocycles. The summed E-state index contributed by atoms with van der Waals surface area (Å²) >= 11 is 5.69. The van der Waals surface area contributed by atoms with Gasteiger partial charge in [-0.25, -0.2) is 4.98 Å². The van der Waals surface area contributed by atoms with Crippen LogP contribution < -0.4 is 10.3 Å². The Balaban J connectivity index is 2.54. The Morgan fingerprint density at radius 3 is 2.67 bits per heavy atom. The minimum Gasteiger partial charge on any atom is -0.449 e. The van der Waals surface area contributed by atoms with Gasteiger partial charge in [0.15, 0.2) is 5.69 Å². The predicted octanol–water partition coefficient (Wildman–Crippen LogP) is 2.73. The van der Waals surface area contributed by atoms with Crippen LogP contribution in [0.1, 0.15) is 11.5 Å². The molecule has 1 aromatic carbocycles. The van der Waals surface area contributed by atoms with Gasteiger partial charge in [0.25, 0.3) is 5.56 Å². The molecule has 9 heteroatoms. The number of alkyl halides is 3. The average molecular weight is 321 g/mol. The fourth-order valence-corrected chi connectivity index (χ4v) is 1.70. The van der Waals surface area contributed by atoms with Crippen molar-refractivity contribution in [3.05, 3.63) is 51.2 Å². The number of nitrogens with one attached hydrogen (secondary N) is 1. The number of aliphatic hydroxyl groups is 1. The molecule has 0 spiro atoms. The van der Waals surface area contributed by atoms with Crippen LogP contribution in [0.5, 0.6) is 11.5 Å². The molecule has 2 aromatic rings. The van der Waals surface area contributed by atoms with Crippen LogP contribution in [0.25, 0.3) is 0 Å². The first kappa shape index (κ1) is 15.3. The summed E-state index contributed by atoms with van der Waals surface area (Å²) in [7, 11) is 0. The average Bonchev–Trinajstić information content (AvgIpc) is 2.39. The highest BCUT2D eigenvalue weighted by atomic mass is 35.5. The Morgan fingerprint density at radius 1 is 1.38 bits per heavy atom. The van der Waals surface area contributed by atoms with E-state index in [2.05, 4.69) is 4.98 Å². The molecular formula is C12H8ClF3N2O3. The van der Waals surface area contributed by atoms with Crippen molar-refractivity contribution < 1.29 is 23.0 Å². The number of nitrogens with zero attached hydrogens (tertiary/aromatic N) is 1. The van der Waals surface area contributed by atoms with Crippen LogP contribution in [0.3, 0.4) is 0 Å². The van der Waals surface area contributed by atoms with Gasteiger partial charge in [0.05, 0.1) is 0 Å². The van der Waals surface area contributed by atoms with E-state index in [1.54, 1.807) is 0 Å². The maximum Gasteiger partial charge on any atom is 0.437 e. The lowest BCUT2D eigenvalue weighted by Crippen LogP contribution is -2.22. The summed E-state index contributed by atoms with van der Waals surface area (Å²) in [5.41, 5.74) is -2.67. The van der Waals surface area contributed by atoms with Crippen molar-refractivity contribution in [1.29, 1.82) is 0 Å². The first-order valence-electron chi connectivity index (χ1n) is 5.56. The van der Waals surface area contributed by atoms with Crippen LogP contribution in [0, 0.1) is 0 Å². The zero-order valence-electron chi connectivity index (χ0n) is 10.2. The molecule has 0 amide bonds. The molecule has 0 bridgehead atoms. The molecule has 5 nitrogen and oxygen atoms in total. The number of benzene rings is 1. The van der Waals surface area contributed by atoms with E-state index in [1.165, 1.54) is 24.3 Å². The van der Waals surface area contributed by atoms with Gasteiger partial charge in [0, 0.05) is 5.02 Å². The highest BCUT2D eigenvalue weighted by Gasteiger charge is 2.38. The van der Waals surface area contributed by atoms with Crippen molar-refractivity contribution in [2.24, 2.45) is 0 Å². The van der Waals surface area contributed by atoms with Gasteiger partial charge in [-0.05, 0) is 18.2 Å². The molecule has 0 fully saturated rings. The smallest absolute Gasteiger partial charge is 0.437 e. The molecule has 0 saturated carbocycles. The van der Waals surface area contributed by atoms with Gasteiger partial charge < -0.3 is 14.8 Å². The second-order valence-electron chi connectivity index (χ2n) is 3.91. The third-order valence-electron chi connectivity index (χ3n) is 2.36. The number of ether oxygens (including phenoxy) is 1. The Morgan fingerprint density at radius 2 is 2.10 bits per heavy atom. The van der Waals surface area contributed by atoms with Gasteiger partial charge in [0.2, 0.25) is 5.75 Å². The van der Waals surface area contributed by atoms with Crippen molar-refractivity contribution >= 4 is 11.6 Å². The number of aliphatic hydroxyl groups excluding tert-OH is 1. The second kappa shape index (κ2) is 5.74. The number of hydrogen-bond acceptors (Lipinski definition) is 4. The van der Waals surface area contributed by atoms with Crippen LogP contribution >= 0.6 is 11.6 Å². The second-order valence-corrected chi connectivity index (χ2v) is 4.34. The van der Waals surface area contributed by atoms with E-state index < -0.39 is 35.6 Å². The fraction of sp³-hybridized carbons (Fsp3) is 0.167. The lowest BCUT2D eigenvalue weighted by molar-refractivity contribution is -0.142. The van der Waals surface area contributed by atoms with Gasteiger partial charge in [-0.15, -0.1) is 0 Å². The van der Waals surface area contributed by atoms with E-state index in [4.69, 9.17) is 21.4 Å². The molecule has 2 N–H and O–H groups in total. The van der Waals surface area contributed by atoms with E-state index in [0.717, 1.165) is 0 Å². The van der Waals surface area contributed by atoms with Crippen LogP contribution in [0.4, 0.5) is 13.2 Å². The molecule has 1 heterocycles. The zero-order chi connectivity index (χ0) is 15.6. The first-order valence-corrected chi connectivity index (χ1v) is 5.93. The largest absolute Gasteiger partial charge is 0.449 e. The van der Waals surface area contributed by atoms with Crippen molar-refractivity contribution in [3.63, 3.8) is 0 Å². The molecule has 0 aliphatic carbocycles. The predicted molar refractivity (Wildman–Crippen MR) is 67.3 cm³/mol. The van der Waals surface area contributed by atoms with Crippen LogP contribution in [-0.2, 0) is 12.8 Å². The highest BCUT2D eigenvalue weighted by Crippen LogP contribution is 2.34. The van der Waals surface area contributed by atoms with Crippen molar-refractivity contribution in [2.45, 2.75) is 12.8 Å². The van der Waals surface area contributed by atoms with Crippen LogP contribution in [-0.4, -0.2) is 15.1 Å². The van der Waals surface area contributed by atoms with Gasteiger partial charge in [0.1, 0.15) is 18.2 Å². The number of hydrogen-bond donors (Lipinski definition) is 2. The Labute approximate surface area is 121 Å². The van der Waals surface area contributed by atoms with Crippen molar-refractivity contribution in [3.8, 4) is 11.5 Å². The third-order valence-corrected chi connectivity index (χ3v) is 2.60. The Bertz CT molecular complexity index is 716. The molecule has 21 heavy (non-hydrogen) atoms. The lowest BCUT2D eigenvalue weighted by atomic mass is 10.3. The molecular weight excluding hydrogens is 313 g/mol. The highest BCUT2D eigenvalue weighted by molar-refractivity contribution is 6.30. The number of H-pyrrole nitrogens is 1. The SMILES string of the molecule is O=c1[nH]c(CO)nc(C(F)(F)F)c1Oc1cccc(Cl)c1. The van der Waals surface area contributed by atoms with Gasteiger partial charge in [-0.1, -0.05) is 17.7 Å². The van der Waals surface area contributed by atoms with E-state index in [1.807, 2.05) is 4.98 Å². The molecule has 0 aliphatic rings. The quantitative estimate of drug-likeness (QED) is 0.912. The molecule has 112 valence electrons. The van der Waals surface area contributed by atoms with Crippen molar-refractivity contribution in [1.82, 2.24) is 9.97 Å². The van der Waals surface area contributed by atoms with Gasteiger partial charge in [-0.2, -0.15) is 13.2 Å². The third kappa shape index (κ3) is 3.53. The van der Waals surface area contributed by atoms with Gasteiger partial charge >= 0.3 is 6.18 Å². The number of aromatic nitrogens is 2. The number of aromatic amines is 1. The summed E-state index contributed by atoms with van der Waals surface area (Å²) < 4.78 is 43.7. The minimum absolute atomic E-state index is 0.0444. The standard InChI is InChI=1S/C12H8ClF3N2O3/c13-6-2-1-3-7(4-6)21-9-10(12(14,15)16)17-8(5-19)18-11(9)20/h1-4,19H,5H2,(H,17,18,20). The number of halogens is 4. The van der Waals surface area contributed by atoms with E-state index >= 15 is 0 Å². The van der Waals surface area contributed by atoms with E-state index in [-0.39, 0.29) is 10.8 Å². The van der Waals surface area contributed by atoms with E-state index in [9.17, 15) is 18.0 Å². The summed E-state index contributed by atoms with van der Waals surface area (Å²) in [5.74, 6) is -1.57. The normalized spacial score (nSPS) is 11.5. The summed E-state index contributed by atoms with van der Waals surface area (Å²) in [6, 6.07) is 5.54. The molecule has 0 atom stereocenters. The first-order chi connectivity index (χ1) is 9.81. The molecule has 0 saturated heterocycles. The maximum atomic E-state index is 12.9. The zero-order valence-corrected chi connectivity index (χ0v) is 11.0. The van der Waals surface area contributed by atoms with Crippen LogP contribution in [0.15, 0.2) is 29.1 Å². The maximum absolute atomic E-state index is 12.9. The molecule has 1 aromatic heterocycles. The summed E-state index contributed by atoms with van der Waals surface area (Å²) in [6.07, 6.45) is -4.91. The van der Waals surface area contributed by atoms with Crippen molar-refractivity contribution in [2.75, 3.05) is 0 Å². The van der Waals surface area contributed by atoms with Gasteiger partial charge in [-0.3, -0.25) is 4.79 Å². The van der Waals surface area contributed by atoms with E-state index in [0.29, 0.717) is 0 Å². The summed E-state index contributed by atoms with van der Waals surface area (Å²) in [6.45, 7) is -0.838. The number of rotatable bonds is 3. The fourth-order valence-electron chi connectivity index (χ4n) is 1.52. The monoisotopic (exact) mass is 320 g/mol.